The van der Waals surface area contributed by atoms with Gasteiger partial charge in [-0.1, -0.05) is 12.0 Å². The average molecular weight is 573 g/mol. The molecule has 0 spiro atoms. The monoisotopic (exact) mass is 572 g/mol. The van der Waals surface area contributed by atoms with Gasteiger partial charge in [0.1, 0.15) is 17.3 Å². The Morgan fingerprint density at radius 2 is 2.00 bits per heavy atom. The zero-order valence-corrected chi connectivity index (χ0v) is 23.2. The highest BCUT2D eigenvalue weighted by Gasteiger charge is 2.40. The summed E-state index contributed by atoms with van der Waals surface area (Å²) < 4.78 is 47.6. The summed E-state index contributed by atoms with van der Waals surface area (Å²) in [6.07, 6.45) is 4.37. The summed E-state index contributed by atoms with van der Waals surface area (Å²) in [7, 11) is 5.19. The number of halogens is 3. The van der Waals surface area contributed by atoms with Gasteiger partial charge in [-0.15, -0.1) is 0 Å². The number of benzene rings is 1. The molecule has 1 aromatic carbocycles. The van der Waals surface area contributed by atoms with E-state index in [0.717, 1.165) is 19.3 Å². The van der Waals surface area contributed by atoms with E-state index in [1.807, 2.05) is 6.07 Å². The van der Waals surface area contributed by atoms with Gasteiger partial charge in [-0.05, 0) is 80.7 Å². The van der Waals surface area contributed by atoms with Gasteiger partial charge in [0.2, 0.25) is 0 Å². The number of rotatable bonds is 7. The third kappa shape index (κ3) is 5.81. The zero-order chi connectivity index (χ0) is 28.4. The quantitative estimate of drug-likeness (QED) is 0.277. The molecule has 5 rings (SSSR count). The first-order valence-corrected chi connectivity index (χ1v) is 13.9. The minimum atomic E-state index is -4.50. The van der Waals surface area contributed by atoms with E-state index in [1.165, 1.54) is 25.1 Å². The Morgan fingerprint density at radius 3 is 2.75 bits per heavy atom. The normalized spacial score (nSPS) is 20.6. The molecule has 2 bridgehead atoms. The van der Waals surface area contributed by atoms with Crippen molar-refractivity contribution in [3.8, 4) is 17.6 Å². The standard InChI is InChI=1S/C28H31F3N6O2S/c1-32-27(38)17-9-14-24(39-3)21(16-17)33-15-5-6-20-26(40-28(29,30)31)23-7-4-8-25(37(23)35-20)34-19-12-10-18-11-13-22(19)36(18)2/h4,7-9,14,16,18-19,22,33-34H,10-13,15H2,1-3H3,(H,32,38)/t18-,19-,22-/m1/s1. The number of thioether (sulfide) groups is 1. The van der Waals surface area contributed by atoms with E-state index >= 15 is 0 Å². The van der Waals surface area contributed by atoms with E-state index in [0.29, 0.717) is 40.4 Å². The zero-order valence-electron chi connectivity index (χ0n) is 22.4. The van der Waals surface area contributed by atoms with Gasteiger partial charge in [-0.3, -0.25) is 9.69 Å². The number of aromatic nitrogens is 2. The molecule has 2 fully saturated rings. The molecular formula is C28H31F3N6O2S. The average Bonchev–Trinajstić information content (AvgIpc) is 3.38. The van der Waals surface area contributed by atoms with Crippen molar-refractivity contribution >= 4 is 34.7 Å². The molecule has 4 heterocycles. The molecule has 2 aliphatic heterocycles. The lowest BCUT2D eigenvalue weighted by atomic mass is 9.98. The van der Waals surface area contributed by atoms with E-state index < -0.39 is 5.51 Å². The molecule has 0 aliphatic carbocycles. The summed E-state index contributed by atoms with van der Waals surface area (Å²) in [5, 5.41) is 13.7. The highest BCUT2D eigenvalue weighted by atomic mass is 32.2. The Bertz CT molecular complexity index is 1460. The number of pyridine rings is 1. The smallest absolute Gasteiger partial charge is 0.446 e. The number of ether oxygens (including phenoxy) is 1. The molecule has 212 valence electrons. The van der Waals surface area contributed by atoms with Crippen LogP contribution in [-0.2, 0) is 0 Å². The summed E-state index contributed by atoms with van der Waals surface area (Å²) in [6, 6.07) is 11.3. The predicted molar refractivity (Wildman–Crippen MR) is 150 cm³/mol. The second-order valence-electron chi connectivity index (χ2n) is 9.88. The molecule has 1 amide bonds. The number of fused-ring (bicyclic) bond motifs is 3. The molecule has 0 unspecified atom stereocenters. The van der Waals surface area contributed by atoms with Crippen molar-refractivity contribution < 1.29 is 22.7 Å². The van der Waals surface area contributed by atoms with Gasteiger partial charge >= 0.3 is 5.51 Å². The molecule has 3 atom stereocenters. The lowest BCUT2D eigenvalue weighted by Gasteiger charge is -2.38. The van der Waals surface area contributed by atoms with Crippen LogP contribution in [0, 0.1) is 11.8 Å². The third-order valence-corrected chi connectivity index (χ3v) is 8.43. The number of anilines is 2. The van der Waals surface area contributed by atoms with Crippen LogP contribution in [0.3, 0.4) is 0 Å². The van der Waals surface area contributed by atoms with E-state index in [9.17, 15) is 18.0 Å². The first-order valence-electron chi connectivity index (χ1n) is 13.1. The summed E-state index contributed by atoms with van der Waals surface area (Å²) in [6.45, 7) is 0.0971. The molecule has 3 aromatic rings. The highest BCUT2D eigenvalue weighted by molar-refractivity contribution is 8.00. The molecule has 40 heavy (non-hydrogen) atoms. The van der Waals surface area contributed by atoms with Gasteiger partial charge in [-0.2, -0.15) is 18.3 Å². The number of likely N-dealkylation sites (N-methyl/N-ethyl adjacent to an activating group) is 1. The van der Waals surface area contributed by atoms with Crippen LogP contribution in [-0.4, -0.2) is 71.8 Å². The first-order chi connectivity index (χ1) is 19.2. The fourth-order valence-electron chi connectivity index (χ4n) is 5.65. The number of carbonyl (C=O) groups is 1. The fourth-order valence-corrected chi connectivity index (χ4v) is 6.33. The Kier molecular flexibility index (Phi) is 8.05. The van der Waals surface area contributed by atoms with Crippen LogP contribution in [0.1, 0.15) is 41.7 Å². The minimum absolute atomic E-state index is 0.0375. The number of hydrogen-bond donors (Lipinski definition) is 3. The fraction of sp³-hybridized carbons (Fsp3) is 0.429. The van der Waals surface area contributed by atoms with Crippen molar-refractivity contribution in [3.05, 3.63) is 47.7 Å². The van der Waals surface area contributed by atoms with E-state index in [1.54, 1.807) is 30.3 Å². The molecule has 2 saturated heterocycles. The van der Waals surface area contributed by atoms with Gasteiger partial charge in [0.25, 0.3) is 5.91 Å². The number of nitrogens with one attached hydrogen (secondary N) is 3. The van der Waals surface area contributed by atoms with E-state index in [4.69, 9.17) is 4.74 Å². The molecule has 0 saturated carbocycles. The maximum absolute atomic E-state index is 13.6. The summed E-state index contributed by atoms with van der Waals surface area (Å²) in [5.41, 5.74) is -3.14. The number of piperidine rings is 1. The topological polar surface area (TPSA) is 82.9 Å². The summed E-state index contributed by atoms with van der Waals surface area (Å²) in [4.78, 5) is 14.4. The molecule has 12 heteroatoms. The highest BCUT2D eigenvalue weighted by Crippen LogP contribution is 2.41. The Balaban J connectivity index is 1.41. The van der Waals surface area contributed by atoms with Crippen LogP contribution >= 0.6 is 11.8 Å². The van der Waals surface area contributed by atoms with Crippen molar-refractivity contribution in [2.45, 2.75) is 54.2 Å². The van der Waals surface area contributed by atoms with Crippen molar-refractivity contribution in [3.63, 3.8) is 0 Å². The molecule has 2 aliphatic rings. The van der Waals surface area contributed by atoms with Crippen LogP contribution < -0.4 is 20.7 Å². The molecule has 0 radical (unpaired) electrons. The van der Waals surface area contributed by atoms with Gasteiger partial charge in [0.15, 0.2) is 0 Å². The SMILES string of the molecule is CNC(=O)c1ccc(OC)c(NCC#Cc2nn3c(N[C@@H]4CC[C@@H]5CC[C@H]4N5C)cccc3c2SC(F)(F)F)c1. The maximum Gasteiger partial charge on any atom is 0.446 e. The minimum Gasteiger partial charge on any atom is -0.495 e. The Hall–Kier alpha value is -3.56. The second kappa shape index (κ2) is 11.5. The predicted octanol–water partition coefficient (Wildman–Crippen LogP) is 4.82. The van der Waals surface area contributed by atoms with Gasteiger partial charge in [0.05, 0.1) is 29.8 Å². The third-order valence-electron chi connectivity index (χ3n) is 7.60. The lowest BCUT2D eigenvalue weighted by molar-refractivity contribution is -0.0327. The Labute approximate surface area is 235 Å². The summed E-state index contributed by atoms with van der Waals surface area (Å²) in [5.74, 6) is 6.60. The van der Waals surface area contributed by atoms with Crippen LogP contribution in [0.15, 0.2) is 41.3 Å². The number of amides is 1. The number of hydrogen-bond acceptors (Lipinski definition) is 7. The van der Waals surface area contributed by atoms with Crippen molar-refractivity contribution in [2.24, 2.45) is 0 Å². The molecular weight excluding hydrogens is 541 g/mol. The Morgan fingerprint density at radius 1 is 1.20 bits per heavy atom. The van der Waals surface area contributed by atoms with Crippen LogP contribution in [0.5, 0.6) is 5.75 Å². The van der Waals surface area contributed by atoms with Crippen molar-refractivity contribution in [1.29, 1.82) is 0 Å². The van der Waals surface area contributed by atoms with Crippen molar-refractivity contribution in [1.82, 2.24) is 19.8 Å². The van der Waals surface area contributed by atoms with E-state index in [-0.39, 0.29) is 40.8 Å². The molecule has 3 N–H and O–H groups in total. The number of carbonyl (C=O) groups excluding carboxylic acids is 1. The van der Waals surface area contributed by atoms with Crippen LogP contribution in [0.2, 0.25) is 0 Å². The van der Waals surface area contributed by atoms with Crippen LogP contribution in [0.25, 0.3) is 5.52 Å². The van der Waals surface area contributed by atoms with Gasteiger partial charge in [-0.25, -0.2) is 4.52 Å². The van der Waals surface area contributed by atoms with Crippen LogP contribution in [0.4, 0.5) is 24.7 Å². The van der Waals surface area contributed by atoms with Crippen molar-refractivity contribution in [2.75, 3.05) is 38.4 Å². The molecule has 2 aromatic heterocycles. The molecule has 8 nitrogen and oxygen atoms in total. The number of nitrogens with zero attached hydrogens (tertiary/aromatic N) is 3. The lowest BCUT2D eigenvalue weighted by Crippen LogP contribution is -2.48. The van der Waals surface area contributed by atoms with E-state index in [2.05, 4.69) is 44.8 Å². The maximum atomic E-state index is 13.6. The largest absolute Gasteiger partial charge is 0.495 e. The second-order valence-corrected chi connectivity index (χ2v) is 11.0. The van der Waals surface area contributed by atoms with Gasteiger partial charge in [0, 0.05) is 30.7 Å². The van der Waals surface area contributed by atoms with Gasteiger partial charge < -0.3 is 20.7 Å². The first kappa shape index (κ1) is 28.0. The summed E-state index contributed by atoms with van der Waals surface area (Å²) >= 11 is -0.208. The number of alkyl halides is 3. The number of methoxy groups -OCH3 is 1.